The highest BCUT2D eigenvalue weighted by Crippen LogP contribution is 2.17. The molecule has 0 bridgehead atoms. The lowest BCUT2D eigenvalue weighted by atomic mass is 9.97. The first-order valence-corrected chi connectivity index (χ1v) is 6.46. The second kappa shape index (κ2) is 5.33. The molecule has 0 unspecified atom stereocenters. The number of aliphatic carboxylic acids is 1. The van der Waals surface area contributed by atoms with Crippen molar-refractivity contribution in [3.8, 4) is 0 Å². The van der Waals surface area contributed by atoms with Gasteiger partial charge in [0.2, 0.25) is 0 Å². The Labute approximate surface area is 105 Å². The Balaban J connectivity index is 2.53. The lowest BCUT2D eigenvalue weighted by Crippen LogP contribution is -2.33. The predicted octanol–water partition coefficient (Wildman–Crippen LogP) is 1.16. The molecule has 1 aliphatic rings. The third-order valence-corrected chi connectivity index (χ3v) is 3.28. The van der Waals surface area contributed by atoms with E-state index in [9.17, 15) is 9.59 Å². The van der Waals surface area contributed by atoms with Crippen molar-refractivity contribution in [3.63, 3.8) is 0 Å². The predicted molar refractivity (Wildman–Crippen MR) is 66.8 cm³/mol. The molecule has 0 aromatic carbocycles. The van der Waals surface area contributed by atoms with E-state index in [2.05, 4.69) is 4.98 Å². The van der Waals surface area contributed by atoms with E-state index in [1.54, 1.807) is 0 Å². The van der Waals surface area contributed by atoms with Gasteiger partial charge in [-0.3, -0.25) is 14.2 Å². The van der Waals surface area contributed by atoms with E-state index in [4.69, 9.17) is 5.11 Å². The Morgan fingerprint density at radius 3 is 2.78 bits per heavy atom. The molecule has 1 N–H and O–H groups in total. The van der Waals surface area contributed by atoms with Gasteiger partial charge in [0.05, 0.1) is 5.69 Å². The average Bonchev–Trinajstić information content (AvgIpc) is 2.34. The Morgan fingerprint density at radius 2 is 2.11 bits per heavy atom. The van der Waals surface area contributed by atoms with Crippen LogP contribution in [0, 0.1) is 0 Å². The molecule has 98 valence electrons. The molecule has 2 rings (SSSR count). The van der Waals surface area contributed by atoms with Gasteiger partial charge in [-0.15, -0.1) is 0 Å². The standard InChI is InChI=1S/C13H18N2O3/c1-2-5-11-14-10-7-4-3-6-9(10)13(18)15(11)8-12(16)17/h2-8H2,1H3,(H,16,17). The zero-order chi connectivity index (χ0) is 13.1. The van der Waals surface area contributed by atoms with Crippen LogP contribution in [0.15, 0.2) is 4.79 Å². The summed E-state index contributed by atoms with van der Waals surface area (Å²) in [6, 6.07) is 0. The molecule has 0 amide bonds. The number of aryl methyl sites for hydroxylation is 2. The van der Waals surface area contributed by atoms with Gasteiger partial charge < -0.3 is 5.11 Å². The second-order valence-electron chi connectivity index (χ2n) is 4.70. The maximum Gasteiger partial charge on any atom is 0.323 e. The van der Waals surface area contributed by atoms with Crippen LogP contribution in [0.4, 0.5) is 0 Å². The van der Waals surface area contributed by atoms with Gasteiger partial charge >= 0.3 is 5.97 Å². The van der Waals surface area contributed by atoms with Crippen molar-refractivity contribution < 1.29 is 9.90 Å². The highest BCUT2D eigenvalue weighted by molar-refractivity contribution is 5.66. The van der Waals surface area contributed by atoms with Gasteiger partial charge in [-0.25, -0.2) is 4.98 Å². The molecule has 0 saturated carbocycles. The number of fused-ring (bicyclic) bond motifs is 1. The van der Waals surface area contributed by atoms with Crippen LogP contribution >= 0.6 is 0 Å². The summed E-state index contributed by atoms with van der Waals surface area (Å²) in [5.41, 5.74) is 1.46. The molecular formula is C13H18N2O3. The quantitative estimate of drug-likeness (QED) is 0.870. The minimum Gasteiger partial charge on any atom is -0.480 e. The Kier molecular flexibility index (Phi) is 3.79. The summed E-state index contributed by atoms with van der Waals surface area (Å²) in [5.74, 6) is -0.377. The van der Waals surface area contributed by atoms with Crippen LogP contribution in [-0.2, 0) is 30.6 Å². The number of hydrogen-bond acceptors (Lipinski definition) is 3. The molecule has 18 heavy (non-hydrogen) atoms. The van der Waals surface area contributed by atoms with Gasteiger partial charge in [0.1, 0.15) is 12.4 Å². The second-order valence-corrected chi connectivity index (χ2v) is 4.70. The fraction of sp³-hybridized carbons (Fsp3) is 0.615. The van der Waals surface area contributed by atoms with E-state index < -0.39 is 5.97 Å². The molecule has 0 spiro atoms. The van der Waals surface area contributed by atoms with E-state index in [0.29, 0.717) is 12.2 Å². The number of carboxylic acid groups (broad SMARTS) is 1. The Bertz CT molecular complexity index is 520. The van der Waals surface area contributed by atoms with Gasteiger partial charge in [0, 0.05) is 12.0 Å². The van der Waals surface area contributed by atoms with Crippen molar-refractivity contribution in [2.75, 3.05) is 0 Å². The molecule has 1 heterocycles. The summed E-state index contributed by atoms with van der Waals surface area (Å²) >= 11 is 0. The fourth-order valence-electron chi connectivity index (χ4n) is 2.45. The van der Waals surface area contributed by atoms with Crippen LogP contribution in [0.3, 0.4) is 0 Å². The fourth-order valence-corrected chi connectivity index (χ4v) is 2.45. The average molecular weight is 250 g/mol. The monoisotopic (exact) mass is 250 g/mol. The van der Waals surface area contributed by atoms with Crippen molar-refractivity contribution in [2.24, 2.45) is 0 Å². The number of carboxylic acids is 1. The van der Waals surface area contributed by atoms with Crippen LogP contribution in [0.25, 0.3) is 0 Å². The third kappa shape index (κ3) is 2.44. The van der Waals surface area contributed by atoms with E-state index in [1.165, 1.54) is 4.57 Å². The summed E-state index contributed by atoms with van der Waals surface area (Å²) in [6.07, 6.45) is 5.13. The summed E-state index contributed by atoms with van der Waals surface area (Å²) in [7, 11) is 0. The molecule has 5 nitrogen and oxygen atoms in total. The molecule has 0 atom stereocenters. The van der Waals surface area contributed by atoms with Crippen LogP contribution in [-0.4, -0.2) is 20.6 Å². The SMILES string of the molecule is CCCc1nc2c(c(=O)n1CC(=O)O)CCCC2. The zero-order valence-electron chi connectivity index (χ0n) is 10.6. The smallest absolute Gasteiger partial charge is 0.323 e. The molecule has 1 aliphatic carbocycles. The minimum absolute atomic E-state index is 0.148. The van der Waals surface area contributed by atoms with Crippen molar-refractivity contribution in [2.45, 2.75) is 52.0 Å². The first-order valence-electron chi connectivity index (χ1n) is 6.46. The van der Waals surface area contributed by atoms with Crippen molar-refractivity contribution in [1.82, 2.24) is 9.55 Å². The van der Waals surface area contributed by atoms with E-state index in [-0.39, 0.29) is 12.1 Å². The van der Waals surface area contributed by atoms with Crippen LogP contribution in [0.1, 0.15) is 43.3 Å². The molecule has 0 radical (unpaired) electrons. The first kappa shape index (κ1) is 12.8. The molecule has 0 fully saturated rings. The highest BCUT2D eigenvalue weighted by atomic mass is 16.4. The van der Waals surface area contributed by atoms with Gasteiger partial charge in [-0.05, 0) is 32.1 Å². The van der Waals surface area contributed by atoms with Gasteiger partial charge in [-0.1, -0.05) is 6.92 Å². The van der Waals surface area contributed by atoms with Crippen LogP contribution in [0.5, 0.6) is 0 Å². The van der Waals surface area contributed by atoms with E-state index >= 15 is 0 Å². The maximum atomic E-state index is 12.3. The largest absolute Gasteiger partial charge is 0.480 e. The summed E-state index contributed by atoms with van der Waals surface area (Å²) in [6.45, 7) is 1.71. The minimum atomic E-state index is -0.994. The van der Waals surface area contributed by atoms with E-state index in [1.807, 2.05) is 6.92 Å². The van der Waals surface area contributed by atoms with E-state index in [0.717, 1.165) is 43.4 Å². The molecular weight excluding hydrogens is 232 g/mol. The number of nitrogens with zero attached hydrogens (tertiary/aromatic N) is 2. The molecule has 1 aromatic heterocycles. The Morgan fingerprint density at radius 1 is 1.39 bits per heavy atom. The van der Waals surface area contributed by atoms with Gasteiger partial charge in [0.25, 0.3) is 5.56 Å². The third-order valence-electron chi connectivity index (χ3n) is 3.28. The van der Waals surface area contributed by atoms with Crippen molar-refractivity contribution >= 4 is 5.97 Å². The maximum absolute atomic E-state index is 12.3. The molecule has 5 heteroatoms. The molecule has 0 saturated heterocycles. The first-order chi connectivity index (χ1) is 8.63. The number of rotatable bonds is 4. The normalized spacial score (nSPS) is 14.3. The molecule has 1 aromatic rings. The summed E-state index contributed by atoms with van der Waals surface area (Å²) in [4.78, 5) is 27.7. The number of aromatic nitrogens is 2. The van der Waals surface area contributed by atoms with Crippen LogP contribution in [0.2, 0.25) is 0 Å². The van der Waals surface area contributed by atoms with Crippen LogP contribution < -0.4 is 5.56 Å². The lowest BCUT2D eigenvalue weighted by Gasteiger charge is -2.18. The van der Waals surface area contributed by atoms with Crippen molar-refractivity contribution in [3.05, 3.63) is 27.4 Å². The summed E-state index contributed by atoms with van der Waals surface area (Å²) < 4.78 is 1.33. The Hall–Kier alpha value is -1.65. The highest BCUT2D eigenvalue weighted by Gasteiger charge is 2.19. The molecule has 0 aliphatic heterocycles. The lowest BCUT2D eigenvalue weighted by molar-refractivity contribution is -0.137. The topological polar surface area (TPSA) is 72.2 Å². The van der Waals surface area contributed by atoms with Crippen molar-refractivity contribution in [1.29, 1.82) is 0 Å². The summed E-state index contributed by atoms with van der Waals surface area (Å²) in [5, 5.41) is 8.90. The zero-order valence-corrected chi connectivity index (χ0v) is 10.6. The number of carbonyl (C=O) groups is 1. The number of hydrogen-bond donors (Lipinski definition) is 1. The van der Waals surface area contributed by atoms with Gasteiger partial charge in [-0.2, -0.15) is 0 Å². The van der Waals surface area contributed by atoms with Gasteiger partial charge in [0.15, 0.2) is 0 Å².